The normalized spacial score (nSPS) is 12.5. The Morgan fingerprint density at radius 1 is 0.947 bits per heavy atom. The molecule has 6 heteroatoms. The molecule has 0 fully saturated rings. The summed E-state index contributed by atoms with van der Waals surface area (Å²) < 4.78 is 14.5. The summed E-state index contributed by atoms with van der Waals surface area (Å²) in [7, 11) is 0. The predicted octanol–water partition coefficient (Wildman–Crippen LogP) is 7.03. The summed E-state index contributed by atoms with van der Waals surface area (Å²) in [5.41, 5.74) is 1.09. The standard InChI is InChI=1S/C13H6Br2Cl3F/c14-9-5-12(19)8(4-11(9)18)13(15)7-3-6(16)1-2-10(7)17/h1-5,13H. The molecular weight excluding hydrogens is 441 g/mol. The summed E-state index contributed by atoms with van der Waals surface area (Å²) in [5, 5.41) is 1.47. The van der Waals surface area contributed by atoms with Crippen molar-refractivity contribution < 1.29 is 4.39 Å². The van der Waals surface area contributed by atoms with Crippen molar-refractivity contribution >= 4 is 66.7 Å². The van der Waals surface area contributed by atoms with Crippen LogP contribution in [0.4, 0.5) is 4.39 Å². The van der Waals surface area contributed by atoms with Gasteiger partial charge in [0.2, 0.25) is 0 Å². The second-order valence-electron chi connectivity index (χ2n) is 3.82. The van der Waals surface area contributed by atoms with Gasteiger partial charge in [0.15, 0.2) is 0 Å². The third-order valence-electron chi connectivity index (χ3n) is 2.54. The van der Waals surface area contributed by atoms with Crippen LogP contribution in [0.5, 0.6) is 0 Å². The van der Waals surface area contributed by atoms with Gasteiger partial charge in [-0.05, 0) is 51.8 Å². The molecule has 1 unspecified atom stereocenters. The maximum atomic E-state index is 14.0. The molecule has 19 heavy (non-hydrogen) atoms. The number of hydrogen-bond acceptors (Lipinski definition) is 0. The summed E-state index contributed by atoms with van der Waals surface area (Å²) in [6, 6.07) is 7.92. The molecule has 0 aliphatic heterocycles. The Balaban J connectivity index is 2.52. The Bertz CT molecular complexity index is 632. The van der Waals surface area contributed by atoms with E-state index < -0.39 is 4.83 Å². The molecular formula is C13H6Br2Cl3F. The Hall–Kier alpha value is 0.200. The monoisotopic (exact) mass is 444 g/mol. The van der Waals surface area contributed by atoms with Crippen LogP contribution in [0.15, 0.2) is 34.8 Å². The topological polar surface area (TPSA) is 0 Å². The van der Waals surface area contributed by atoms with Crippen molar-refractivity contribution in [2.24, 2.45) is 0 Å². The van der Waals surface area contributed by atoms with Gasteiger partial charge in [0.25, 0.3) is 0 Å². The van der Waals surface area contributed by atoms with E-state index in [9.17, 15) is 4.39 Å². The van der Waals surface area contributed by atoms with Crippen LogP contribution in [0.1, 0.15) is 16.0 Å². The fourth-order valence-corrected chi connectivity index (χ4v) is 3.36. The Morgan fingerprint density at radius 3 is 2.32 bits per heavy atom. The highest BCUT2D eigenvalue weighted by Gasteiger charge is 2.19. The first-order valence-electron chi connectivity index (χ1n) is 5.13. The average molecular weight is 447 g/mol. The summed E-state index contributed by atoms with van der Waals surface area (Å²) in [4.78, 5) is -0.427. The zero-order valence-corrected chi connectivity index (χ0v) is 14.7. The molecule has 2 rings (SSSR count). The van der Waals surface area contributed by atoms with Crippen molar-refractivity contribution in [3.8, 4) is 0 Å². The zero-order chi connectivity index (χ0) is 14.2. The molecule has 0 radical (unpaired) electrons. The lowest BCUT2D eigenvalue weighted by Crippen LogP contribution is -1.98. The van der Waals surface area contributed by atoms with Gasteiger partial charge in [0.05, 0.1) is 9.85 Å². The van der Waals surface area contributed by atoms with Crippen LogP contribution >= 0.6 is 66.7 Å². The average Bonchev–Trinajstić information content (AvgIpc) is 2.36. The van der Waals surface area contributed by atoms with Crippen molar-refractivity contribution in [3.63, 3.8) is 0 Å². The van der Waals surface area contributed by atoms with E-state index in [-0.39, 0.29) is 5.82 Å². The van der Waals surface area contributed by atoms with Crippen LogP contribution < -0.4 is 0 Å². The Labute approximate surface area is 142 Å². The van der Waals surface area contributed by atoms with E-state index in [1.54, 1.807) is 24.3 Å². The van der Waals surface area contributed by atoms with Gasteiger partial charge < -0.3 is 0 Å². The molecule has 1 atom stereocenters. The largest absolute Gasteiger partial charge is 0.207 e. The quantitative estimate of drug-likeness (QED) is 0.342. The smallest absolute Gasteiger partial charge is 0.129 e. The molecule has 0 saturated heterocycles. The summed E-state index contributed by atoms with van der Waals surface area (Å²) in [5.74, 6) is -0.380. The van der Waals surface area contributed by atoms with E-state index in [4.69, 9.17) is 34.8 Å². The van der Waals surface area contributed by atoms with E-state index in [2.05, 4.69) is 31.9 Å². The Morgan fingerprint density at radius 2 is 1.63 bits per heavy atom. The zero-order valence-electron chi connectivity index (χ0n) is 9.23. The van der Waals surface area contributed by atoms with Crippen LogP contribution in [0.3, 0.4) is 0 Å². The highest BCUT2D eigenvalue weighted by molar-refractivity contribution is 9.10. The number of halogens is 6. The van der Waals surface area contributed by atoms with E-state index >= 15 is 0 Å². The third kappa shape index (κ3) is 3.45. The van der Waals surface area contributed by atoms with Gasteiger partial charge >= 0.3 is 0 Å². The lowest BCUT2D eigenvalue weighted by molar-refractivity contribution is 0.612. The van der Waals surface area contributed by atoms with Crippen LogP contribution in [-0.2, 0) is 0 Å². The van der Waals surface area contributed by atoms with Crippen molar-refractivity contribution in [1.82, 2.24) is 0 Å². The van der Waals surface area contributed by atoms with Gasteiger partial charge in [-0.25, -0.2) is 4.39 Å². The molecule has 0 nitrogen and oxygen atoms in total. The molecule has 0 N–H and O–H groups in total. The van der Waals surface area contributed by atoms with Gasteiger partial charge in [-0.2, -0.15) is 0 Å². The molecule has 0 amide bonds. The minimum absolute atomic E-state index is 0.380. The van der Waals surface area contributed by atoms with E-state index in [1.165, 1.54) is 6.07 Å². The lowest BCUT2D eigenvalue weighted by Gasteiger charge is -2.14. The SMILES string of the molecule is Fc1cc(Br)c(Cl)cc1C(Br)c1cc(Cl)ccc1Cl. The highest BCUT2D eigenvalue weighted by Crippen LogP contribution is 2.39. The molecule has 0 heterocycles. The molecule has 0 saturated carbocycles. The number of alkyl halides is 1. The number of hydrogen-bond donors (Lipinski definition) is 0. The second kappa shape index (κ2) is 6.31. The predicted molar refractivity (Wildman–Crippen MR) is 86.3 cm³/mol. The van der Waals surface area contributed by atoms with Gasteiger partial charge in [0, 0.05) is 20.1 Å². The molecule has 0 aliphatic carbocycles. The van der Waals surface area contributed by atoms with Crippen LogP contribution in [0.2, 0.25) is 15.1 Å². The maximum absolute atomic E-state index is 14.0. The number of benzene rings is 2. The molecule has 0 spiro atoms. The van der Waals surface area contributed by atoms with Crippen LogP contribution in [-0.4, -0.2) is 0 Å². The molecule has 100 valence electrons. The second-order valence-corrected chi connectivity index (χ2v) is 6.84. The first-order valence-corrected chi connectivity index (χ1v) is 7.98. The van der Waals surface area contributed by atoms with Gasteiger partial charge in [-0.3, -0.25) is 0 Å². The third-order valence-corrected chi connectivity index (χ3v) is 5.31. The minimum atomic E-state index is -0.427. The lowest BCUT2D eigenvalue weighted by atomic mass is 10.0. The van der Waals surface area contributed by atoms with E-state index in [1.807, 2.05) is 0 Å². The van der Waals surface area contributed by atoms with Gasteiger partial charge in [-0.15, -0.1) is 0 Å². The fourth-order valence-electron chi connectivity index (χ4n) is 1.61. The first kappa shape index (κ1) is 15.6. The molecule has 0 bridgehead atoms. The van der Waals surface area contributed by atoms with Gasteiger partial charge in [0.1, 0.15) is 5.82 Å². The summed E-state index contributed by atoms with van der Waals surface area (Å²) in [6.45, 7) is 0. The number of rotatable bonds is 2. The van der Waals surface area contributed by atoms with Gasteiger partial charge in [-0.1, -0.05) is 50.7 Å². The molecule has 2 aromatic carbocycles. The van der Waals surface area contributed by atoms with Crippen molar-refractivity contribution in [2.75, 3.05) is 0 Å². The van der Waals surface area contributed by atoms with Crippen molar-refractivity contribution in [3.05, 3.63) is 66.8 Å². The maximum Gasteiger partial charge on any atom is 0.129 e. The van der Waals surface area contributed by atoms with E-state index in [0.717, 1.165) is 0 Å². The summed E-state index contributed by atoms with van der Waals surface area (Å²) in [6.07, 6.45) is 0. The Kier molecular flexibility index (Phi) is 5.18. The highest BCUT2D eigenvalue weighted by atomic mass is 79.9. The first-order chi connectivity index (χ1) is 8.90. The summed E-state index contributed by atoms with van der Waals surface area (Å²) >= 11 is 24.7. The minimum Gasteiger partial charge on any atom is -0.207 e. The molecule has 0 aromatic heterocycles. The molecule has 2 aromatic rings. The van der Waals surface area contributed by atoms with Crippen molar-refractivity contribution in [2.45, 2.75) is 4.83 Å². The van der Waals surface area contributed by atoms with Crippen molar-refractivity contribution in [1.29, 1.82) is 0 Å². The van der Waals surface area contributed by atoms with Crippen LogP contribution in [0, 0.1) is 5.82 Å². The van der Waals surface area contributed by atoms with Crippen LogP contribution in [0.25, 0.3) is 0 Å². The fraction of sp³-hybridized carbons (Fsp3) is 0.0769. The van der Waals surface area contributed by atoms with E-state index in [0.29, 0.717) is 30.7 Å². The molecule has 0 aliphatic rings.